The van der Waals surface area contributed by atoms with Crippen LogP contribution in [-0.2, 0) is 4.79 Å². The Morgan fingerprint density at radius 2 is 1.75 bits per heavy atom. The zero-order chi connectivity index (χ0) is 20.5. The van der Waals surface area contributed by atoms with Crippen LogP contribution in [-0.4, -0.2) is 30.1 Å². The minimum atomic E-state index is -0.365. The fourth-order valence-corrected chi connectivity index (χ4v) is 2.55. The van der Waals surface area contributed by atoms with Crippen molar-refractivity contribution < 1.29 is 14.3 Å². The Hall–Kier alpha value is -3.19. The van der Waals surface area contributed by atoms with E-state index >= 15 is 0 Å². The lowest BCUT2D eigenvalue weighted by atomic mass is 10.2. The van der Waals surface area contributed by atoms with Gasteiger partial charge in [-0.05, 0) is 62.5 Å². The third-order valence-electron chi connectivity index (χ3n) is 3.61. The number of nitrogens with one attached hydrogen (secondary N) is 3. The Balaban J connectivity index is 1.90. The van der Waals surface area contributed by atoms with Gasteiger partial charge in [0.2, 0.25) is 5.91 Å². The highest BCUT2D eigenvalue weighted by Gasteiger charge is 2.07. The predicted octanol–water partition coefficient (Wildman–Crippen LogP) is 3.36. The summed E-state index contributed by atoms with van der Waals surface area (Å²) in [5.41, 5.74) is 2.00. The number of carbonyl (C=O) groups is 2. The number of carbonyl (C=O) groups excluding carboxylic acids is 2. The molecule has 0 saturated heterocycles. The highest BCUT2D eigenvalue weighted by Crippen LogP contribution is 2.18. The van der Waals surface area contributed by atoms with Crippen molar-refractivity contribution >= 4 is 40.9 Å². The van der Waals surface area contributed by atoms with Crippen LogP contribution in [0.4, 0.5) is 5.69 Å². The highest BCUT2D eigenvalue weighted by atomic mass is 32.1. The minimum Gasteiger partial charge on any atom is -0.496 e. The fourth-order valence-electron chi connectivity index (χ4n) is 2.34. The normalized spacial score (nSPS) is 10.6. The first-order chi connectivity index (χ1) is 13.4. The molecule has 0 bridgehead atoms. The molecule has 0 unspecified atom stereocenters. The van der Waals surface area contributed by atoms with E-state index in [0.717, 1.165) is 5.56 Å². The summed E-state index contributed by atoms with van der Waals surface area (Å²) in [7, 11) is 1.57. The lowest BCUT2D eigenvalue weighted by Gasteiger charge is -2.10. The molecule has 0 aliphatic rings. The van der Waals surface area contributed by atoms with Crippen molar-refractivity contribution in [3.63, 3.8) is 0 Å². The van der Waals surface area contributed by atoms with Crippen LogP contribution in [0.15, 0.2) is 54.6 Å². The Morgan fingerprint density at radius 1 is 1.07 bits per heavy atom. The van der Waals surface area contributed by atoms with E-state index in [1.54, 1.807) is 37.5 Å². The molecule has 0 aromatic heterocycles. The molecule has 2 amide bonds. The largest absolute Gasteiger partial charge is 0.496 e. The SMILES string of the molecule is COc1ccccc1/C=C/C(=O)NC(=S)Nc1ccc(C(=O)NC(C)C)cc1. The van der Waals surface area contributed by atoms with Gasteiger partial charge in [-0.15, -0.1) is 0 Å². The number of para-hydroxylation sites is 1. The summed E-state index contributed by atoms with van der Waals surface area (Å²) in [4.78, 5) is 24.0. The number of rotatable bonds is 6. The van der Waals surface area contributed by atoms with E-state index in [0.29, 0.717) is 17.0 Å². The molecule has 0 fully saturated rings. The van der Waals surface area contributed by atoms with E-state index in [-0.39, 0.29) is 23.0 Å². The molecule has 6 nitrogen and oxygen atoms in total. The molecule has 0 aliphatic heterocycles. The first kappa shape index (κ1) is 21.1. The second kappa shape index (κ2) is 10.2. The van der Waals surface area contributed by atoms with E-state index in [4.69, 9.17) is 17.0 Å². The zero-order valence-corrected chi connectivity index (χ0v) is 16.8. The first-order valence-corrected chi connectivity index (χ1v) is 9.14. The molecule has 2 rings (SSSR count). The summed E-state index contributed by atoms with van der Waals surface area (Å²) in [6.45, 7) is 3.80. The second-order valence-corrected chi connectivity index (χ2v) is 6.63. The van der Waals surface area contributed by atoms with Crippen LogP contribution >= 0.6 is 12.2 Å². The fraction of sp³-hybridized carbons (Fsp3) is 0.190. The van der Waals surface area contributed by atoms with Crippen LogP contribution in [0, 0.1) is 0 Å². The molecule has 7 heteroatoms. The number of anilines is 1. The third kappa shape index (κ3) is 6.51. The van der Waals surface area contributed by atoms with Gasteiger partial charge in [-0.3, -0.25) is 14.9 Å². The van der Waals surface area contributed by atoms with Crippen molar-refractivity contribution in [2.75, 3.05) is 12.4 Å². The van der Waals surface area contributed by atoms with Gasteiger partial charge in [-0.1, -0.05) is 18.2 Å². The molecule has 28 heavy (non-hydrogen) atoms. The molecular formula is C21H23N3O3S. The summed E-state index contributed by atoms with van der Waals surface area (Å²) in [5, 5.41) is 8.47. The average molecular weight is 398 g/mol. The first-order valence-electron chi connectivity index (χ1n) is 8.73. The van der Waals surface area contributed by atoms with Crippen molar-refractivity contribution in [1.29, 1.82) is 0 Å². The molecular weight excluding hydrogens is 374 g/mol. The van der Waals surface area contributed by atoms with Crippen molar-refractivity contribution in [3.05, 3.63) is 65.7 Å². The quantitative estimate of drug-likeness (QED) is 0.515. The molecule has 3 N–H and O–H groups in total. The van der Waals surface area contributed by atoms with Gasteiger partial charge in [-0.2, -0.15) is 0 Å². The van der Waals surface area contributed by atoms with Crippen LogP contribution in [0.3, 0.4) is 0 Å². The molecule has 0 spiro atoms. The van der Waals surface area contributed by atoms with E-state index in [2.05, 4.69) is 16.0 Å². The molecule has 0 saturated carbocycles. The zero-order valence-electron chi connectivity index (χ0n) is 16.0. The van der Waals surface area contributed by atoms with Crippen molar-refractivity contribution in [2.45, 2.75) is 19.9 Å². The van der Waals surface area contributed by atoms with Gasteiger partial charge in [0.25, 0.3) is 5.91 Å². The highest BCUT2D eigenvalue weighted by molar-refractivity contribution is 7.80. The van der Waals surface area contributed by atoms with Crippen molar-refractivity contribution in [1.82, 2.24) is 10.6 Å². The van der Waals surface area contributed by atoms with Crippen LogP contribution < -0.4 is 20.7 Å². The van der Waals surface area contributed by atoms with Crippen molar-refractivity contribution in [2.24, 2.45) is 0 Å². The maximum Gasteiger partial charge on any atom is 0.251 e. The van der Waals surface area contributed by atoms with Gasteiger partial charge in [0.1, 0.15) is 5.75 Å². The smallest absolute Gasteiger partial charge is 0.251 e. The summed E-state index contributed by atoms with van der Waals surface area (Å²) in [6, 6.07) is 14.3. The lowest BCUT2D eigenvalue weighted by molar-refractivity contribution is -0.115. The van der Waals surface area contributed by atoms with Gasteiger partial charge in [0.15, 0.2) is 5.11 Å². The van der Waals surface area contributed by atoms with Gasteiger partial charge in [0, 0.05) is 28.9 Å². The number of ether oxygens (including phenoxy) is 1. The number of benzene rings is 2. The van der Waals surface area contributed by atoms with Gasteiger partial charge in [0.05, 0.1) is 7.11 Å². The molecule has 0 atom stereocenters. The Bertz CT molecular complexity index is 877. The summed E-state index contributed by atoms with van der Waals surface area (Å²) >= 11 is 5.15. The van der Waals surface area contributed by atoms with E-state index in [1.807, 2.05) is 38.1 Å². The topological polar surface area (TPSA) is 79.5 Å². The monoisotopic (exact) mass is 397 g/mol. The van der Waals surface area contributed by atoms with Crippen molar-refractivity contribution in [3.8, 4) is 5.75 Å². The number of hydrogen-bond donors (Lipinski definition) is 3. The number of thiocarbonyl (C=S) groups is 1. The third-order valence-corrected chi connectivity index (χ3v) is 3.82. The van der Waals surface area contributed by atoms with Crippen LogP contribution in [0.1, 0.15) is 29.8 Å². The number of amides is 2. The second-order valence-electron chi connectivity index (χ2n) is 6.22. The van der Waals surface area contributed by atoms with Gasteiger partial charge >= 0.3 is 0 Å². The van der Waals surface area contributed by atoms with E-state index in [9.17, 15) is 9.59 Å². The number of hydrogen-bond acceptors (Lipinski definition) is 4. The maximum atomic E-state index is 12.0. The summed E-state index contributed by atoms with van der Waals surface area (Å²) < 4.78 is 5.24. The molecule has 0 aliphatic carbocycles. The Morgan fingerprint density at radius 3 is 2.39 bits per heavy atom. The summed E-state index contributed by atoms with van der Waals surface area (Å²) in [5.74, 6) is 0.170. The minimum absolute atomic E-state index is 0.0667. The lowest BCUT2D eigenvalue weighted by Crippen LogP contribution is -2.33. The average Bonchev–Trinajstić information content (AvgIpc) is 2.66. The Labute approximate surface area is 170 Å². The van der Waals surface area contributed by atoms with E-state index in [1.165, 1.54) is 6.08 Å². The molecule has 146 valence electrons. The van der Waals surface area contributed by atoms with Crippen LogP contribution in [0.2, 0.25) is 0 Å². The predicted molar refractivity (Wildman–Crippen MR) is 115 cm³/mol. The van der Waals surface area contributed by atoms with Crippen LogP contribution in [0.5, 0.6) is 5.75 Å². The Kier molecular flexibility index (Phi) is 7.71. The van der Waals surface area contributed by atoms with Gasteiger partial charge < -0.3 is 15.4 Å². The molecule has 0 heterocycles. The molecule has 2 aromatic rings. The van der Waals surface area contributed by atoms with Crippen LogP contribution in [0.25, 0.3) is 6.08 Å². The van der Waals surface area contributed by atoms with Gasteiger partial charge in [-0.25, -0.2) is 0 Å². The summed E-state index contributed by atoms with van der Waals surface area (Å²) in [6.07, 6.45) is 3.03. The standard InChI is InChI=1S/C21H23N3O3S/c1-14(2)22-20(26)16-8-11-17(12-9-16)23-21(28)24-19(25)13-10-15-6-4-5-7-18(15)27-3/h4-14H,1-3H3,(H,22,26)(H2,23,24,25,28)/b13-10+. The van der Waals surface area contributed by atoms with E-state index < -0.39 is 0 Å². The molecule has 2 aromatic carbocycles. The molecule has 0 radical (unpaired) electrons. The maximum absolute atomic E-state index is 12.0. The number of methoxy groups -OCH3 is 1.